The molecular formula is C30H29FN4O4S. The van der Waals surface area contributed by atoms with Crippen LogP contribution in [0, 0.1) is 17.5 Å². The molecule has 2 amide bonds. The van der Waals surface area contributed by atoms with Gasteiger partial charge >= 0.3 is 6.09 Å². The Morgan fingerprint density at radius 2 is 1.55 bits per heavy atom. The van der Waals surface area contributed by atoms with Gasteiger partial charge in [0.15, 0.2) is 0 Å². The Kier molecular flexibility index (Phi) is 8.01. The first-order valence-corrected chi connectivity index (χ1v) is 13.9. The lowest BCUT2D eigenvalue weighted by molar-refractivity contribution is 0.0635. The zero-order chi connectivity index (χ0) is 29.1. The Bertz CT molecular complexity index is 1660. The molecule has 4 rings (SSSR count). The summed E-state index contributed by atoms with van der Waals surface area (Å²) in [5.41, 5.74) is 2.18. The fraction of sp³-hybridized carbons (Fsp3) is 0.167. The van der Waals surface area contributed by atoms with Crippen molar-refractivity contribution in [3.63, 3.8) is 0 Å². The van der Waals surface area contributed by atoms with Gasteiger partial charge in [0.1, 0.15) is 21.1 Å². The number of ether oxygens (including phenoxy) is 1. The van der Waals surface area contributed by atoms with Crippen LogP contribution in [0.1, 0.15) is 36.7 Å². The molecule has 10 heteroatoms. The number of nitrogens with zero attached hydrogens (tertiary/aromatic N) is 1. The van der Waals surface area contributed by atoms with E-state index in [1.54, 1.807) is 70.3 Å². The molecule has 0 radical (unpaired) electrons. The van der Waals surface area contributed by atoms with E-state index in [2.05, 4.69) is 15.6 Å². The van der Waals surface area contributed by atoms with Crippen molar-refractivity contribution in [3.05, 3.63) is 102 Å². The highest BCUT2D eigenvalue weighted by molar-refractivity contribution is 7.92. The lowest BCUT2D eigenvalue weighted by Crippen LogP contribution is -2.27. The molecule has 1 unspecified atom stereocenters. The third-order valence-electron chi connectivity index (χ3n) is 5.83. The molecule has 0 fully saturated rings. The number of hydrogen-bond donors (Lipinski definition) is 3. The number of carbonyl (C=O) groups is 2. The smallest absolute Gasteiger partial charge is 0.412 e. The molecule has 1 heterocycles. The summed E-state index contributed by atoms with van der Waals surface area (Å²) in [6.07, 6.45) is 2.29. The molecule has 206 valence electrons. The van der Waals surface area contributed by atoms with Crippen LogP contribution in [0.3, 0.4) is 0 Å². The number of anilines is 2. The number of pyridine rings is 1. The number of rotatable bonds is 6. The monoisotopic (exact) mass is 560 g/mol. The van der Waals surface area contributed by atoms with Gasteiger partial charge in [-0.2, -0.15) is 0 Å². The predicted molar refractivity (Wildman–Crippen MR) is 152 cm³/mol. The number of nitrogens with one attached hydrogen (secondary N) is 3. The summed E-state index contributed by atoms with van der Waals surface area (Å²) in [5.74, 6) is -0.872. The lowest BCUT2D eigenvalue weighted by atomic mass is 10.0. The fourth-order valence-corrected chi connectivity index (χ4v) is 5.37. The Balaban J connectivity index is 1.63. The first-order chi connectivity index (χ1) is 18.8. The van der Waals surface area contributed by atoms with Crippen LogP contribution in [0.2, 0.25) is 0 Å². The van der Waals surface area contributed by atoms with Crippen molar-refractivity contribution in [1.82, 2.24) is 4.98 Å². The van der Waals surface area contributed by atoms with Crippen LogP contribution >= 0.6 is 0 Å². The SMILES string of the molecule is Cc1ccncc1S(=N)(=O)c1ccc(C(=O)Nc2cc(-c3ccc(F)cc3)ccc2NC(=O)OC(C)(C)C)cc1. The average molecular weight is 561 g/mol. The summed E-state index contributed by atoms with van der Waals surface area (Å²) >= 11 is 0. The molecule has 0 aliphatic rings. The van der Waals surface area contributed by atoms with Gasteiger partial charge in [-0.15, -0.1) is 0 Å². The van der Waals surface area contributed by atoms with Crippen LogP contribution in [-0.4, -0.2) is 26.8 Å². The van der Waals surface area contributed by atoms with Crippen molar-refractivity contribution in [1.29, 1.82) is 4.78 Å². The molecule has 0 bridgehead atoms. The van der Waals surface area contributed by atoms with Crippen LogP contribution in [0.15, 0.2) is 95.0 Å². The molecule has 0 aliphatic carbocycles. The highest BCUT2D eigenvalue weighted by Gasteiger charge is 2.20. The minimum absolute atomic E-state index is 0.241. The molecule has 0 saturated heterocycles. The maximum absolute atomic E-state index is 13.5. The average Bonchev–Trinajstić information content (AvgIpc) is 2.89. The van der Waals surface area contributed by atoms with Crippen molar-refractivity contribution >= 4 is 33.1 Å². The van der Waals surface area contributed by atoms with E-state index in [0.29, 0.717) is 27.3 Å². The number of carbonyl (C=O) groups excluding carboxylic acids is 2. The van der Waals surface area contributed by atoms with Gasteiger partial charge in [-0.1, -0.05) is 18.2 Å². The van der Waals surface area contributed by atoms with Gasteiger partial charge in [-0.3, -0.25) is 15.1 Å². The van der Waals surface area contributed by atoms with Crippen molar-refractivity contribution in [2.75, 3.05) is 10.6 Å². The second-order valence-corrected chi connectivity index (χ2v) is 12.1. The van der Waals surface area contributed by atoms with Gasteiger partial charge < -0.3 is 10.1 Å². The molecule has 3 aromatic carbocycles. The third-order valence-corrected chi connectivity index (χ3v) is 7.81. The predicted octanol–water partition coefficient (Wildman–Crippen LogP) is 7.26. The molecule has 40 heavy (non-hydrogen) atoms. The second kappa shape index (κ2) is 11.3. The molecule has 3 N–H and O–H groups in total. The largest absolute Gasteiger partial charge is 0.444 e. The third kappa shape index (κ3) is 6.70. The van der Waals surface area contributed by atoms with E-state index in [4.69, 9.17) is 9.52 Å². The molecule has 8 nitrogen and oxygen atoms in total. The Labute approximate surface area is 232 Å². The number of benzene rings is 3. The summed E-state index contributed by atoms with van der Waals surface area (Å²) < 4.78 is 40.6. The quantitative estimate of drug-likeness (QED) is 0.229. The summed E-state index contributed by atoms with van der Waals surface area (Å²) in [6, 6.07) is 18.5. The van der Waals surface area contributed by atoms with Crippen molar-refractivity contribution < 1.29 is 22.9 Å². The fourth-order valence-electron chi connectivity index (χ4n) is 3.86. The second-order valence-electron chi connectivity index (χ2n) is 10.1. The van der Waals surface area contributed by atoms with Gasteiger partial charge in [0, 0.05) is 18.0 Å². The van der Waals surface area contributed by atoms with Gasteiger partial charge in [0.2, 0.25) is 0 Å². The number of aromatic nitrogens is 1. The Morgan fingerprint density at radius 3 is 2.17 bits per heavy atom. The molecular weight excluding hydrogens is 531 g/mol. The molecule has 0 saturated carbocycles. The van der Waals surface area contributed by atoms with Crippen molar-refractivity contribution in [2.24, 2.45) is 0 Å². The standard InChI is InChI=1S/C30H29FN4O4S/c1-19-15-16-33-18-27(19)40(32,38)24-12-7-21(8-13-24)28(36)34-26-17-22(20-5-10-23(31)11-6-20)9-14-25(26)35-29(37)39-30(2,3)4/h5-18,32H,1-4H3,(H,34,36)(H,35,37). The topological polar surface area (TPSA) is 121 Å². The highest BCUT2D eigenvalue weighted by atomic mass is 32.2. The lowest BCUT2D eigenvalue weighted by Gasteiger charge is -2.21. The molecule has 1 atom stereocenters. The number of hydrogen-bond acceptors (Lipinski definition) is 6. The summed E-state index contributed by atoms with van der Waals surface area (Å²) in [4.78, 5) is 30.2. The van der Waals surface area contributed by atoms with Gasteiger partial charge in [-0.05, 0) is 99.0 Å². The molecule has 0 spiro atoms. The first kappa shape index (κ1) is 28.4. The van der Waals surface area contributed by atoms with E-state index in [1.165, 1.54) is 42.6 Å². The van der Waals surface area contributed by atoms with Gasteiger partial charge in [0.25, 0.3) is 5.91 Å². The van der Waals surface area contributed by atoms with E-state index in [-0.39, 0.29) is 22.0 Å². The van der Waals surface area contributed by atoms with Gasteiger partial charge in [0.05, 0.1) is 21.2 Å². The maximum Gasteiger partial charge on any atom is 0.412 e. The molecule has 1 aromatic heterocycles. The normalized spacial score (nSPS) is 12.7. The van der Waals surface area contributed by atoms with Crippen molar-refractivity contribution in [2.45, 2.75) is 43.1 Å². The van der Waals surface area contributed by atoms with E-state index in [0.717, 1.165) is 0 Å². The number of aryl methyl sites for hydroxylation is 1. The van der Waals surface area contributed by atoms with Gasteiger partial charge in [-0.25, -0.2) is 18.2 Å². The zero-order valence-electron chi connectivity index (χ0n) is 22.4. The minimum Gasteiger partial charge on any atom is -0.444 e. The molecule has 4 aromatic rings. The van der Waals surface area contributed by atoms with Crippen LogP contribution in [0.25, 0.3) is 11.1 Å². The van der Waals surface area contributed by atoms with E-state index in [9.17, 15) is 18.2 Å². The van der Waals surface area contributed by atoms with E-state index in [1.807, 2.05) is 0 Å². The Morgan fingerprint density at radius 1 is 0.900 bits per heavy atom. The van der Waals surface area contributed by atoms with Crippen LogP contribution in [-0.2, 0) is 14.5 Å². The highest BCUT2D eigenvalue weighted by Crippen LogP contribution is 2.31. The Hall–Kier alpha value is -4.57. The first-order valence-electron chi connectivity index (χ1n) is 12.3. The number of halogens is 1. The summed E-state index contributed by atoms with van der Waals surface area (Å²) in [6.45, 7) is 6.97. The summed E-state index contributed by atoms with van der Waals surface area (Å²) in [7, 11) is -3.33. The van der Waals surface area contributed by atoms with Crippen LogP contribution < -0.4 is 10.6 Å². The maximum atomic E-state index is 13.5. The van der Waals surface area contributed by atoms with E-state index >= 15 is 0 Å². The van der Waals surface area contributed by atoms with Crippen LogP contribution in [0.4, 0.5) is 20.6 Å². The van der Waals surface area contributed by atoms with Crippen molar-refractivity contribution in [3.8, 4) is 11.1 Å². The van der Waals surface area contributed by atoms with E-state index < -0.39 is 27.3 Å². The molecule has 0 aliphatic heterocycles. The minimum atomic E-state index is -3.33. The zero-order valence-corrected chi connectivity index (χ0v) is 23.3. The summed E-state index contributed by atoms with van der Waals surface area (Å²) in [5, 5.41) is 5.46. The van der Waals surface area contributed by atoms with Crippen LogP contribution in [0.5, 0.6) is 0 Å². The number of amides is 2.